The molecule has 0 spiro atoms. The van der Waals surface area contributed by atoms with Crippen LogP contribution in [-0.2, 0) is 22.3 Å². The van der Waals surface area contributed by atoms with E-state index >= 15 is 0 Å². The molecule has 0 aliphatic carbocycles. The van der Waals surface area contributed by atoms with Gasteiger partial charge in [0.25, 0.3) is 0 Å². The summed E-state index contributed by atoms with van der Waals surface area (Å²) < 4.78 is 38.2. The highest BCUT2D eigenvalue weighted by Gasteiger charge is 2.47. The number of alkyl halides is 3. The minimum absolute atomic E-state index is 0.0571. The van der Waals surface area contributed by atoms with Crippen molar-refractivity contribution in [2.24, 2.45) is 0 Å². The highest BCUT2D eigenvalue weighted by atomic mass is 35.5. The molecule has 28 heavy (non-hydrogen) atoms. The van der Waals surface area contributed by atoms with Crippen LogP contribution in [0.1, 0.15) is 30.9 Å². The number of benzene rings is 2. The molecule has 1 N–H and O–H groups in total. The van der Waals surface area contributed by atoms with Gasteiger partial charge in [-0.05, 0) is 55.3 Å². The molecule has 1 aliphatic rings. The molecule has 0 unspecified atom stereocenters. The van der Waals surface area contributed by atoms with Crippen LogP contribution in [-0.4, -0.2) is 22.3 Å². The number of nitrogens with one attached hydrogen (secondary N) is 1. The van der Waals surface area contributed by atoms with Gasteiger partial charge in [0.15, 0.2) is 0 Å². The molecule has 0 bridgehead atoms. The van der Waals surface area contributed by atoms with E-state index in [1.807, 2.05) is 0 Å². The molecular weight excluding hydrogens is 393 g/mol. The van der Waals surface area contributed by atoms with Gasteiger partial charge < -0.3 is 10.2 Å². The summed E-state index contributed by atoms with van der Waals surface area (Å²) in [6.07, 6.45) is -3.90. The van der Waals surface area contributed by atoms with E-state index in [0.717, 1.165) is 12.1 Å². The quantitative estimate of drug-likeness (QED) is 0.781. The minimum Gasteiger partial charge on any atom is -0.324 e. The van der Waals surface area contributed by atoms with Gasteiger partial charge in [0, 0.05) is 23.7 Å². The summed E-state index contributed by atoms with van der Waals surface area (Å²) in [7, 11) is 0. The van der Waals surface area contributed by atoms with Crippen molar-refractivity contribution in [3.63, 3.8) is 0 Å². The molecule has 8 heteroatoms. The lowest BCUT2D eigenvalue weighted by Gasteiger charge is -2.34. The third kappa shape index (κ3) is 4.14. The number of hydrogen-bond acceptors (Lipinski definition) is 2. The molecule has 1 fully saturated rings. The highest BCUT2D eigenvalue weighted by molar-refractivity contribution is 6.30. The summed E-state index contributed by atoms with van der Waals surface area (Å²) in [6, 6.07) is 11.2. The van der Waals surface area contributed by atoms with Crippen molar-refractivity contribution in [3.05, 3.63) is 64.7 Å². The van der Waals surface area contributed by atoms with Crippen LogP contribution in [0.5, 0.6) is 0 Å². The van der Waals surface area contributed by atoms with Crippen LogP contribution < -0.4 is 5.32 Å². The first-order chi connectivity index (χ1) is 13.1. The Bertz CT molecular complexity index is 882. The number of carbonyl (C=O) groups excluding carboxylic acids is 2. The van der Waals surface area contributed by atoms with E-state index in [2.05, 4.69) is 5.32 Å². The zero-order valence-electron chi connectivity index (χ0n) is 15.0. The number of carbonyl (C=O) groups is 2. The Labute approximate surface area is 165 Å². The van der Waals surface area contributed by atoms with E-state index < -0.39 is 17.3 Å². The number of hydrogen-bond donors (Lipinski definition) is 1. The summed E-state index contributed by atoms with van der Waals surface area (Å²) in [4.78, 5) is 26.7. The standard InChI is InChI=1S/C20H18ClF3N2O2/c1-19(18(28)25-16-8-6-15(21)7-9-16)11-10-17(27)26(19)12-13-2-4-14(5-3-13)20(22,23)24/h2-9H,10-12H2,1H3,(H,25,28)/t19-/m1/s1. The first-order valence-corrected chi connectivity index (χ1v) is 9.01. The monoisotopic (exact) mass is 410 g/mol. The lowest BCUT2D eigenvalue weighted by atomic mass is 9.96. The second-order valence-electron chi connectivity index (χ2n) is 6.91. The second-order valence-corrected chi connectivity index (χ2v) is 7.35. The summed E-state index contributed by atoms with van der Waals surface area (Å²) in [5, 5.41) is 3.31. The van der Waals surface area contributed by atoms with Gasteiger partial charge >= 0.3 is 6.18 Å². The molecule has 0 aromatic heterocycles. The Kier molecular flexibility index (Phi) is 5.39. The van der Waals surface area contributed by atoms with Gasteiger partial charge in [-0.1, -0.05) is 23.7 Å². The predicted octanol–water partition coefficient (Wildman–Crippen LogP) is 4.88. The zero-order chi connectivity index (χ0) is 20.5. The number of rotatable bonds is 4. The van der Waals surface area contributed by atoms with E-state index in [9.17, 15) is 22.8 Å². The van der Waals surface area contributed by atoms with Crippen molar-refractivity contribution in [2.45, 2.75) is 38.0 Å². The van der Waals surface area contributed by atoms with Gasteiger partial charge in [0.1, 0.15) is 5.54 Å². The average Bonchev–Trinajstić information content (AvgIpc) is 2.93. The van der Waals surface area contributed by atoms with Crippen molar-refractivity contribution in [1.29, 1.82) is 0 Å². The average molecular weight is 411 g/mol. The van der Waals surface area contributed by atoms with E-state index in [1.165, 1.54) is 17.0 Å². The third-order valence-electron chi connectivity index (χ3n) is 4.94. The summed E-state index contributed by atoms with van der Waals surface area (Å²) in [5.74, 6) is -0.568. The maximum Gasteiger partial charge on any atom is 0.416 e. The molecule has 3 rings (SSSR count). The van der Waals surface area contributed by atoms with Crippen molar-refractivity contribution < 1.29 is 22.8 Å². The maximum atomic E-state index is 12.9. The highest BCUT2D eigenvalue weighted by Crippen LogP contribution is 2.34. The molecule has 0 saturated carbocycles. The van der Waals surface area contributed by atoms with Gasteiger partial charge in [0.2, 0.25) is 11.8 Å². The molecular formula is C20H18ClF3N2O2. The molecule has 148 valence electrons. The Hall–Kier alpha value is -2.54. The fraction of sp³-hybridized carbons (Fsp3) is 0.300. The molecule has 1 heterocycles. The number of anilines is 1. The lowest BCUT2D eigenvalue weighted by Crippen LogP contribution is -2.51. The molecule has 1 saturated heterocycles. The van der Waals surface area contributed by atoms with Crippen LogP contribution in [0.25, 0.3) is 0 Å². The maximum absolute atomic E-state index is 12.9. The van der Waals surface area contributed by atoms with Gasteiger partial charge in [-0.25, -0.2) is 0 Å². The normalized spacial score (nSPS) is 19.8. The molecule has 4 nitrogen and oxygen atoms in total. The van der Waals surface area contributed by atoms with Crippen molar-refractivity contribution in [1.82, 2.24) is 4.90 Å². The Morgan fingerprint density at radius 1 is 1.14 bits per heavy atom. The first-order valence-electron chi connectivity index (χ1n) is 8.63. The summed E-state index contributed by atoms with van der Waals surface area (Å²) in [5.41, 5.74) is -0.787. The Morgan fingerprint density at radius 3 is 2.32 bits per heavy atom. The van der Waals surface area contributed by atoms with Gasteiger partial charge in [-0.15, -0.1) is 0 Å². The zero-order valence-corrected chi connectivity index (χ0v) is 15.8. The van der Waals surface area contributed by atoms with Crippen LogP contribution >= 0.6 is 11.6 Å². The van der Waals surface area contributed by atoms with Crippen LogP contribution in [0, 0.1) is 0 Å². The van der Waals surface area contributed by atoms with E-state index in [4.69, 9.17) is 11.6 Å². The number of halogens is 4. The van der Waals surface area contributed by atoms with Gasteiger partial charge in [0.05, 0.1) is 5.56 Å². The molecule has 1 aliphatic heterocycles. The number of amides is 2. The molecule has 2 amide bonds. The molecule has 0 radical (unpaired) electrons. The van der Waals surface area contributed by atoms with Gasteiger partial charge in [-0.3, -0.25) is 9.59 Å². The van der Waals surface area contributed by atoms with E-state index in [1.54, 1.807) is 31.2 Å². The van der Waals surface area contributed by atoms with Crippen molar-refractivity contribution in [2.75, 3.05) is 5.32 Å². The Balaban J connectivity index is 1.77. The largest absolute Gasteiger partial charge is 0.416 e. The first kappa shape index (κ1) is 20.2. The summed E-state index contributed by atoms with van der Waals surface area (Å²) >= 11 is 5.84. The SMILES string of the molecule is C[C@]1(C(=O)Nc2ccc(Cl)cc2)CCC(=O)N1Cc1ccc(C(F)(F)F)cc1. The predicted molar refractivity (Wildman–Crippen MR) is 99.7 cm³/mol. The van der Waals surface area contributed by atoms with Crippen molar-refractivity contribution >= 4 is 29.1 Å². The minimum atomic E-state index is -4.42. The smallest absolute Gasteiger partial charge is 0.324 e. The van der Waals surface area contributed by atoms with E-state index in [-0.39, 0.29) is 24.8 Å². The fourth-order valence-corrected chi connectivity index (χ4v) is 3.30. The van der Waals surface area contributed by atoms with Crippen LogP contribution in [0.4, 0.5) is 18.9 Å². The molecule has 2 aromatic rings. The summed E-state index contributed by atoms with van der Waals surface area (Å²) in [6.45, 7) is 1.72. The van der Waals surface area contributed by atoms with Crippen molar-refractivity contribution in [3.8, 4) is 0 Å². The van der Waals surface area contributed by atoms with Crippen LogP contribution in [0.3, 0.4) is 0 Å². The van der Waals surface area contributed by atoms with Crippen LogP contribution in [0.15, 0.2) is 48.5 Å². The van der Waals surface area contributed by atoms with Crippen LogP contribution in [0.2, 0.25) is 5.02 Å². The van der Waals surface area contributed by atoms with Gasteiger partial charge in [-0.2, -0.15) is 13.2 Å². The Morgan fingerprint density at radius 2 is 1.75 bits per heavy atom. The topological polar surface area (TPSA) is 49.4 Å². The fourth-order valence-electron chi connectivity index (χ4n) is 3.17. The molecule has 1 atom stereocenters. The second kappa shape index (κ2) is 7.47. The number of nitrogens with zero attached hydrogens (tertiary/aromatic N) is 1. The molecule has 2 aromatic carbocycles. The van der Waals surface area contributed by atoms with E-state index in [0.29, 0.717) is 22.7 Å². The number of likely N-dealkylation sites (tertiary alicyclic amines) is 1. The third-order valence-corrected chi connectivity index (χ3v) is 5.19. The lowest BCUT2D eigenvalue weighted by molar-refractivity contribution is -0.138.